The standard InChI is InChI=1S/C12H22O3/c1-12(2,11(13)14)7-9-15-8-6-10-4-3-5-10/h10H,3-9H2,1-2H3,(H,13,14). The van der Waals surface area contributed by atoms with Gasteiger partial charge in [0.05, 0.1) is 5.41 Å². The van der Waals surface area contributed by atoms with E-state index in [1.54, 1.807) is 13.8 Å². The maximum Gasteiger partial charge on any atom is 0.309 e. The predicted octanol–water partition coefficient (Wildman–Crippen LogP) is 2.69. The molecule has 0 atom stereocenters. The summed E-state index contributed by atoms with van der Waals surface area (Å²) in [5, 5.41) is 8.88. The van der Waals surface area contributed by atoms with Crippen LogP contribution in [-0.4, -0.2) is 24.3 Å². The maximum atomic E-state index is 10.8. The first-order valence-electron chi connectivity index (χ1n) is 5.83. The molecule has 1 N–H and O–H groups in total. The number of hydrogen-bond acceptors (Lipinski definition) is 2. The minimum atomic E-state index is -0.745. The molecule has 0 saturated heterocycles. The molecule has 0 unspecified atom stereocenters. The molecule has 0 aliphatic heterocycles. The highest BCUT2D eigenvalue weighted by atomic mass is 16.5. The SMILES string of the molecule is CC(C)(CCOCCC1CCC1)C(=O)O. The Morgan fingerprint density at radius 1 is 1.40 bits per heavy atom. The van der Waals surface area contributed by atoms with E-state index < -0.39 is 11.4 Å². The number of rotatable bonds is 7. The first kappa shape index (κ1) is 12.5. The van der Waals surface area contributed by atoms with Gasteiger partial charge in [0.1, 0.15) is 0 Å². The summed E-state index contributed by atoms with van der Waals surface area (Å²) < 4.78 is 5.46. The van der Waals surface area contributed by atoms with Crippen LogP contribution in [0.1, 0.15) is 46.0 Å². The van der Waals surface area contributed by atoms with Gasteiger partial charge >= 0.3 is 5.97 Å². The van der Waals surface area contributed by atoms with Crippen molar-refractivity contribution in [2.45, 2.75) is 46.0 Å². The third-order valence-electron chi connectivity index (χ3n) is 3.35. The zero-order valence-electron chi connectivity index (χ0n) is 9.79. The fourth-order valence-corrected chi connectivity index (χ4v) is 1.57. The molecule has 0 amide bonds. The molecule has 1 aliphatic carbocycles. The summed E-state index contributed by atoms with van der Waals surface area (Å²) in [7, 11) is 0. The normalized spacial score (nSPS) is 17.5. The van der Waals surface area contributed by atoms with Crippen LogP contribution in [0.3, 0.4) is 0 Å². The van der Waals surface area contributed by atoms with E-state index in [0.29, 0.717) is 13.0 Å². The second kappa shape index (κ2) is 5.50. The van der Waals surface area contributed by atoms with Gasteiger partial charge in [0.2, 0.25) is 0 Å². The molecule has 1 fully saturated rings. The van der Waals surface area contributed by atoms with Crippen LogP contribution < -0.4 is 0 Å². The smallest absolute Gasteiger partial charge is 0.309 e. The van der Waals surface area contributed by atoms with Crippen molar-refractivity contribution in [3.8, 4) is 0 Å². The lowest BCUT2D eigenvalue weighted by Crippen LogP contribution is -2.25. The predicted molar refractivity (Wildman–Crippen MR) is 58.8 cm³/mol. The summed E-state index contributed by atoms with van der Waals surface area (Å²) in [6, 6.07) is 0. The van der Waals surface area contributed by atoms with Gasteiger partial charge in [-0.25, -0.2) is 0 Å². The summed E-state index contributed by atoms with van der Waals surface area (Å²) in [5.41, 5.74) is -0.656. The molecular weight excluding hydrogens is 192 g/mol. The monoisotopic (exact) mass is 214 g/mol. The molecule has 3 heteroatoms. The van der Waals surface area contributed by atoms with Crippen molar-refractivity contribution < 1.29 is 14.6 Å². The molecule has 0 spiro atoms. The van der Waals surface area contributed by atoms with Gasteiger partial charge in [-0.3, -0.25) is 4.79 Å². The lowest BCUT2D eigenvalue weighted by Gasteiger charge is -2.25. The molecule has 88 valence electrons. The van der Waals surface area contributed by atoms with Gasteiger partial charge in [-0.2, -0.15) is 0 Å². The Morgan fingerprint density at radius 3 is 2.53 bits per heavy atom. The number of carboxylic acid groups (broad SMARTS) is 1. The van der Waals surface area contributed by atoms with Gasteiger partial charge in [-0.05, 0) is 32.6 Å². The number of ether oxygens (including phenoxy) is 1. The summed E-state index contributed by atoms with van der Waals surface area (Å²) in [6.45, 7) is 4.83. The fraction of sp³-hybridized carbons (Fsp3) is 0.917. The lowest BCUT2D eigenvalue weighted by atomic mass is 9.83. The average molecular weight is 214 g/mol. The first-order valence-corrected chi connectivity index (χ1v) is 5.83. The second-order valence-electron chi connectivity index (χ2n) is 5.14. The van der Waals surface area contributed by atoms with Crippen molar-refractivity contribution in [2.75, 3.05) is 13.2 Å². The van der Waals surface area contributed by atoms with E-state index in [0.717, 1.165) is 18.9 Å². The van der Waals surface area contributed by atoms with Crippen molar-refractivity contribution in [2.24, 2.45) is 11.3 Å². The third kappa shape index (κ3) is 4.20. The van der Waals surface area contributed by atoms with Crippen LogP contribution in [0, 0.1) is 11.3 Å². The highest BCUT2D eigenvalue weighted by molar-refractivity contribution is 5.73. The average Bonchev–Trinajstić information content (AvgIpc) is 2.07. The van der Waals surface area contributed by atoms with Crippen molar-refractivity contribution >= 4 is 5.97 Å². The Hall–Kier alpha value is -0.570. The van der Waals surface area contributed by atoms with Crippen molar-refractivity contribution in [3.63, 3.8) is 0 Å². The third-order valence-corrected chi connectivity index (χ3v) is 3.35. The molecule has 1 saturated carbocycles. The van der Waals surface area contributed by atoms with Crippen LogP contribution in [0.2, 0.25) is 0 Å². The summed E-state index contributed by atoms with van der Waals surface area (Å²) in [4.78, 5) is 10.8. The van der Waals surface area contributed by atoms with Crippen LogP contribution in [0.25, 0.3) is 0 Å². The van der Waals surface area contributed by atoms with Crippen LogP contribution in [-0.2, 0) is 9.53 Å². The van der Waals surface area contributed by atoms with E-state index in [1.165, 1.54) is 19.3 Å². The first-order chi connectivity index (χ1) is 7.02. The highest BCUT2D eigenvalue weighted by Gasteiger charge is 2.26. The molecule has 0 bridgehead atoms. The summed E-state index contributed by atoms with van der Waals surface area (Å²) >= 11 is 0. The zero-order chi connectivity index (χ0) is 11.3. The maximum absolute atomic E-state index is 10.8. The van der Waals surface area contributed by atoms with Gasteiger partial charge in [0.25, 0.3) is 0 Å². The van der Waals surface area contributed by atoms with E-state index in [9.17, 15) is 4.79 Å². The van der Waals surface area contributed by atoms with Gasteiger partial charge in [0, 0.05) is 13.2 Å². The molecule has 0 aromatic rings. The molecule has 0 aromatic carbocycles. The van der Waals surface area contributed by atoms with E-state index >= 15 is 0 Å². The minimum absolute atomic E-state index is 0.562. The molecule has 1 aliphatic rings. The fourth-order valence-electron chi connectivity index (χ4n) is 1.57. The summed E-state index contributed by atoms with van der Waals surface area (Å²) in [6.07, 6.45) is 5.81. The Labute approximate surface area is 91.8 Å². The van der Waals surface area contributed by atoms with Crippen LogP contribution in [0.4, 0.5) is 0 Å². The Morgan fingerprint density at radius 2 is 2.07 bits per heavy atom. The molecule has 15 heavy (non-hydrogen) atoms. The molecule has 0 heterocycles. The Balaban J connectivity index is 1.98. The number of hydrogen-bond donors (Lipinski definition) is 1. The van der Waals surface area contributed by atoms with Crippen molar-refractivity contribution in [1.29, 1.82) is 0 Å². The van der Waals surface area contributed by atoms with Crippen molar-refractivity contribution in [1.82, 2.24) is 0 Å². The van der Waals surface area contributed by atoms with Gasteiger partial charge < -0.3 is 9.84 Å². The van der Waals surface area contributed by atoms with Crippen LogP contribution >= 0.6 is 0 Å². The van der Waals surface area contributed by atoms with E-state index in [2.05, 4.69) is 0 Å². The lowest BCUT2D eigenvalue weighted by molar-refractivity contribution is -0.148. The topological polar surface area (TPSA) is 46.5 Å². The summed E-state index contributed by atoms with van der Waals surface area (Å²) in [5.74, 6) is 0.127. The van der Waals surface area contributed by atoms with Crippen LogP contribution in [0.5, 0.6) is 0 Å². The molecular formula is C12H22O3. The van der Waals surface area contributed by atoms with Gasteiger partial charge in [-0.1, -0.05) is 19.3 Å². The van der Waals surface area contributed by atoms with Crippen molar-refractivity contribution in [3.05, 3.63) is 0 Å². The minimum Gasteiger partial charge on any atom is -0.481 e. The molecule has 0 radical (unpaired) electrons. The number of aliphatic carboxylic acids is 1. The second-order valence-corrected chi connectivity index (χ2v) is 5.14. The molecule has 3 nitrogen and oxygen atoms in total. The molecule has 1 rings (SSSR count). The number of carbonyl (C=O) groups is 1. The highest BCUT2D eigenvalue weighted by Crippen LogP contribution is 2.29. The van der Waals surface area contributed by atoms with E-state index in [4.69, 9.17) is 9.84 Å². The largest absolute Gasteiger partial charge is 0.481 e. The van der Waals surface area contributed by atoms with E-state index in [1.807, 2.05) is 0 Å². The van der Waals surface area contributed by atoms with Crippen LogP contribution in [0.15, 0.2) is 0 Å². The molecule has 0 aromatic heterocycles. The zero-order valence-corrected chi connectivity index (χ0v) is 9.79. The van der Waals surface area contributed by atoms with E-state index in [-0.39, 0.29) is 0 Å². The number of carboxylic acids is 1. The van der Waals surface area contributed by atoms with Gasteiger partial charge in [0.15, 0.2) is 0 Å². The van der Waals surface area contributed by atoms with Gasteiger partial charge in [-0.15, -0.1) is 0 Å². The Kier molecular flexibility index (Phi) is 4.58. The Bertz CT molecular complexity index is 207. The quantitative estimate of drug-likeness (QED) is 0.663.